The van der Waals surface area contributed by atoms with Crippen LogP contribution in [-0.2, 0) is 28.7 Å². The number of aliphatic hydroxyl groups excluding tert-OH is 1. The molecule has 3 aliphatic heterocycles. The molecule has 3 heterocycles. The predicted molar refractivity (Wildman–Crippen MR) is 174 cm³/mol. The lowest BCUT2D eigenvalue weighted by Crippen LogP contribution is -2.59. The molecule has 10 heteroatoms. The molecular formula is C36H51N3O7. The molecule has 2 N–H and O–H groups in total. The fraction of sp³-hybridized carbons (Fsp3) is 0.611. The van der Waals surface area contributed by atoms with Gasteiger partial charge in [-0.25, -0.2) is 0 Å². The molecule has 3 amide bonds. The summed E-state index contributed by atoms with van der Waals surface area (Å²) in [5, 5.41) is 13.6. The topological polar surface area (TPSA) is 125 Å². The van der Waals surface area contributed by atoms with Crippen molar-refractivity contribution in [3.8, 4) is 0 Å². The molecule has 0 aromatic heterocycles. The zero-order valence-electron chi connectivity index (χ0n) is 27.6. The second-order valence-electron chi connectivity index (χ2n) is 13.1. The number of nitrogens with one attached hydrogen (secondary N) is 1. The molecule has 3 fully saturated rings. The lowest BCUT2D eigenvalue weighted by atomic mass is 9.70. The number of esters is 1. The first kappa shape index (κ1) is 35.4. The molecule has 1 spiro atoms. The van der Waals surface area contributed by atoms with Crippen LogP contribution >= 0.6 is 0 Å². The average molecular weight is 638 g/mol. The summed E-state index contributed by atoms with van der Waals surface area (Å²) in [6, 6.07) is 7.00. The molecule has 0 radical (unpaired) electrons. The van der Waals surface area contributed by atoms with Gasteiger partial charge in [0.05, 0.1) is 36.6 Å². The quantitative estimate of drug-likeness (QED) is 0.142. The molecule has 1 aromatic rings. The number of aliphatic hydroxyl groups is 1. The van der Waals surface area contributed by atoms with Crippen molar-refractivity contribution in [3.05, 3.63) is 61.2 Å². The molecule has 1 aromatic carbocycles. The normalized spacial score (nSPS) is 26.0. The summed E-state index contributed by atoms with van der Waals surface area (Å²) in [4.78, 5) is 58.8. The van der Waals surface area contributed by atoms with Gasteiger partial charge in [-0.1, -0.05) is 76.1 Å². The van der Waals surface area contributed by atoms with Gasteiger partial charge in [0, 0.05) is 19.5 Å². The van der Waals surface area contributed by atoms with E-state index in [-0.39, 0.29) is 43.3 Å². The average Bonchev–Trinajstić information content (AvgIpc) is 3.69. The van der Waals surface area contributed by atoms with Crippen molar-refractivity contribution in [1.29, 1.82) is 0 Å². The van der Waals surface area contributed by atoms with Gasteiger partial charge in [-0.3, -0.25) is 19.2 Å². The van der Waals surface area contributed by atoms with Gasteiger partial charge in [-0.15, -0.1) is 13.2 Å². The second-order valence-corrected chi connectivity index (χ2v) is 13.1. The van der Waals surface area contributed by atoms with E-state index >= 15 is 0 Å². The van der Waals surface area contributed by atoms with Crippen molar-refractivity contribution < 1.29 is 33.8 Å². The van der Waals surface area contributed by atoms with Gasteiger partial charge in [-0.05, 0) is 37.2 Å². The molecule has 2 bridgehead atoms. The van der Waals surface area contributed by atoms with Gasteiger partial charge in [0.1, 0.15) is 18.2 Å². The number of nitrogens with zero attached hydrogens (tertiary/aromatic N) is 2. The Morgan fingerprint density at radius 3 is 2.57 bits per heavy atom. The summed E-state index contributed by atoms with van der Waals surface area (Å²) in [7, 11) is 0. The molecule has 0 saturated carbocycles. The van der Waals surface area contributed by atoms with Crippen molar-refractivity contribution in [2.75, 3.05) is 26.3 Å². The summed E-state index contributed by atoms with van der Waals surface area (Å²) in [6.07, 6.45) is 7.20. The van der Waals surface area contributed by atoms with Crippen molar-refractivity contribution in [2.24, 2.45) is 17.8 Å². The number of benzene rings is 1. The fourth-order valence-electron chi connectivity index (χ4n) is 7.46. The number of hydrogen-bond donors (Lipinski definition) is 2. The van der Waals surface area contributed by atoms with E-state index in [1.807, 2.05) is 44.2 Å². The zero-order valence-corrected chi connectivity index (χ0v) is 27.6. The molecule has 10 nitrogen and oxygen atoms in total. The fourth-order valence-corrected chi connectivity index (χ4v) is 7.46. The molecular weight excluding hydrogens is 586 g/mol. The largest absolute Gasteiger partial charge is 0.463 e. The van der Waals surface area contributed by atoms with Gasteiger partial charge in [0.15, 0.2) is 0 Å². The Balaban J connectivity index is 1.66. The maximum Gasteiger partial charge on any atom is 0.306 e. The first-order valence-corrected chi connectivity index (χ1v) is 16.8. The van der Waals surface area contributed by atoms with Crippen LogP contribution < -0.4 is 5.32 Å². The van der Waals surface area contributed by atoms with Crippen LogP contribution in [0, 0.1) is 17.8 Å². The van der Waals surface area contributed by atoms with Crippen molar-refractivity contribution >= 4 is 23.7 Å². The van der Waals surface area contributed by atoms with Crippen LogP contribution in [0.25, 0.3) is 0 Å². The van der Waals surface area contributed by atoms with Crippen LogP contribution in [0.15, 0.2) is 55.6 Å². The van der Waals surface area contributed by atoms with E-state index in [9.17, 15) is 24.3 Å². The Hall–Kier alpha value is -3.50. The Kier molecular flexibility index (Phi) is 12.2. The molecule has 3 saturated heterocycles. The van der Waals surface area contributed by atoms with Crippen LogP contribution in [0.4, 0.5) is 0 Å². The number of allylic oxidation sites excluding steroid dienone is 1. The summed E-state index contributed by atoms with van der Waals surface area (Å²) in [6.45, 7) is 13.9. The molecule has 7 atom stereocenters. The number of amides is 3. The Morgan fingerprint density at radius 1 is 1.20 bits per heavy atom. The summed E-state index contributed by atoms with van der Waals surface area (Å²) >= 11 is 0. The third-order valence-corrected chi connectivity index (χ3v) is 9.76. The minimum absolute atomic E-state index is 0.0742. The predicted octanol–water partition coefficient (Wildman–Crippen LogP) is 3.95. The van der Waals surface area contributed by atoms with Crippen LogP contribution in [0.1, 0.15) is 77.3 Å². The van der Waals surface area contributed by atoms with Gasteiger partial charge in [0.25, 0.3) is 0 Å². The highest BCUT2D eigenvalue weighted by atomic mass is 16.5. The minimum atomic E-state index is -1.19. The Morgan fingerprint density at radius 2 is 1.93 bits per heavy atom. The molecule has 4 rings (SSSR count). The molecule has 46 heavy (non-hydrogen) atoms. The first-order chi connectivity index (χ1) is 22.1. The Labute approximate surface area is 273 Å². The lowest BCUT2D eigenvalue weighted by Gasteiger charge is -2.40. The van der Waals surface area contributed by atoms with Gasteiger partial charge >= 0.3 is 5.97 Å². The van der Waals surface area contributed by atoms with E-state index in [0.717, 1.165) is 24.8 Å². The molecule has 252 valence electrons. The SMILES string of the molecule is C=CCCC(=O)OC[C@@H](NC(=O)[C@@H]1[C@H]2C(=O)N([C@@H](CO)C(C)C)[C@H](C(=O)N(CC=C)CCCCC)[C@]23CC[C@H]1O3)c1ccccc1. The van der Waals surface area contributed by atoms with Crippen molar-refractivity contribution in [3.63, 3.8) is 0 Å². The maximum absolute atomic E-state index is 14.5. The highest BCUT2D eigenvalue weighted by Crippen LogP contribution is 2.59. The van der Waals surface area contributed by atoms with Crippen molar-refractivity contribution in [2.45, 2.75) is 95.5 Å². The Bertz CT molecular complexity index is 1250. The second kappa shape index (κ2) is 15.9. The number of rotatable bonds is 18. The van der Waals surface area contributed by atoms with Crippen LogP contribution in [0.3, 0.4) is 0 Å². The first-order valence-electron chi connectivity index (χ1n) is 16.8. The number of ether oxygens (including phenoxy) is 2. The summed E-state index contributed by atoms with van der Waals surface area (Å²) in [5.41, 5.74) is -0.432. The number of fused-ring (bicyclic) bond motifs is 1. The third kappa shape index (κ3) is 7.08. The summed E-state index contributed by atoms with van der Waals surface area (Å²) < 4.78 is 12.2. The molecule has 0 aliphatic carbocycles. The number of likely N-dealkylation sites (tertiary alicyclic amines) is 1. The van der Waals surface area contributed by atoms with E-state index in [1.54, 1.807) is 17.1 Å². The van der Waals surface area contributed by atoms with E-state index in [2.05, 4.69) is 25.4 Å². The standard InChI is InChI=1S/C36H51N3O7/c1-6-9-14-21-38(20-8-3)35(44)32-36-19-18-28(46-36)30(31(36)34(43)39(32)27(22-40)24(4)5)33(42)37-26(25-15-12-11-13-16-25)23-45-29(41)17-10-7-2/h7-8,11-13,15-16,24,26-28,30-32,40H,2-3,6,9-10,14,17-23H2,1,4-5H3,(H,37,42)/t26-,27+,28-,30+,31+,32-,36+/m1/s1. The third-order valence-electron chi connectivity index (χ3n) is 9.76. The van der Waals surface area contributed by atoms with Crippen LogP contribution in [0.5, 0.6) is 0 Å². The van der Waals surface area contributed by atoms with Gasteiger partial charge < -0.3 is 29.7 Å². The number of hydrogen-bond acceptors (Lipinski definition) is 7. The lowest BCUT2D eigenvalue weighted by molar-refractivity contribution is -0.152. The van der Waals surface area contributed by atoms with Gasteiger partial charge in [0.2, 0.25) is 17.7 Å². The molecule has 3 aliphatic rings. The minimum Gasteiger partial charge on any atom is -0.463 e. The number of carbonyl (C=O) groups excluding carboxylic acids is 4. The van der Waals surface area contributed by atoms with E-state index in [1.165, 1.54) is 4.90 Å². The summed E-state index contributed by atoms with van der Waals surface area (Å²) in [5.74, 6) is -3.23. The smallest absolute Gasteiger partial charge is 0.306 e. The highest BCUT2D eigenvalue weighted by molar-refractivity contribution is 5.99. The maximum atomic E-state index is 14.5. The number of unbranched alkanes of at least 4 members (excludes halogenated alkanes) is 2. The van der Waals surface area contributed by atoms with Gasteiger partial charge in [-0.2, -0.15) is 0 Å². The van der Waals surface area contributed by atoms with E-state index < -0.39 is 47.6 Å². The monoisotopic (exact) mass is 637 g/mol. The van der Waals surface area contributed by atoms with Crippen LogP contribution in [-0.4, -0.2) is 88.7 Å². The van der Waals surface area contributed by atoms with E-state index in [0.29, 0.717) is 32.4 Å². The van der Waals surface area contributed by atoms with Crippen molar-refractivity contribution in [1.82, 2.24) is 15.1 Å². The number of carbonyl (C=O) groups is 4. The van der Waals surface area contributed by atoms with Crippen LogP contribution in [0.2, 0.25) is 0 Å². The molecule has 0 unspecified atom stereocenters. The highest BCUT2D eigenvalue weighted by Gasteiger charge is 2.75. The van der Waals surface area contributed by atoms with E-state index in [4.69, 9.17) is 9.47 Å². The zero-order chi connectivity index (χ0) is 33.4.